The van der Waals surface area contributed by atoms with Gasteiger partial charge in [0.15, 0.2) is 0 Å². The molecule has 0 atom stereocenters. The minimum Gasteiger partial charge on any atom is -0.272 e. The summed E-state index contributed by atoms with van der Waals surface area (Å²) in [5, 5.41) is 0. The first kappa shape index (κ1) is 8.72. The van der Waals surface area contributed by atoms with Gasteiger partial charge >= 0.3 is 0 Å². The fourth-order valence-corrected chi connectivity index (χ4v) is 1.55. The number of aliphatic imine (C=N–C) groups is 1. The van der Waals surface area contributed by atoms with E-state index in [0.29, 0.717) is 0 Å². The molecule has 0 aromatic rings. The third kappa shape index (κ3) is 1.09. The summed E-state index contributed by atoms with van der Waals surface area (Å²) in [6.45, 7) is 10.8. The summed E-state index contributed by atoms with van der Waals surface area (Å²) in [6.07, 6.45) is 0. The Morgan fingerprint density at radius 3 is 1.73 bits per heavy atom. The van der Waals surface area contributed by atoms with E-state index in [-0.39, 0.29) is 11.2 Å². The van der Waals surface area contributed by atoms with E-state index in [1.54, 1.807) is 0 Å². The van der Waals surface area contributed by atoms with Gasteiger partial charge in [0.05, 0.1) is 5.54 Å². The monoisotopic (exact) mass is 154 g/mol. The Balaban J connectivity index is 3.04. The maximum atomic E-state index is 4.60. The largest absolute Gasteiger partial charge is 0.272 e. The third-order valence-corrected chi connectivity index (χ3v) is 2.99. The molecule has 11 heavy (non-hydrogen) atoms. The number of hydrogen-bond donors (Lipinski definition) is 0. The van der Waals surface area contributed by atoms with E-state index in [4.69, 9.17) is 0 Å². The molecular weight excluding hydrogens is 136 g/mol. The van der Waals surface area contributed by atoms with Gasteiger partial charge in [-0.15, -0.1) is 0 Å². The Bertz CT molecular complexity index is 202. The van der Waals surface area contributed by atoms with E-state index in [9.17, 15) is 0 Å². The van der Waals surface area contributed by atoms with Crippen molar-refractivity contribution in [3.63, 3.8) is 0 Å². The molecule has 0 N–H and O–H groups in total. The third-order valence-electron chi connectivity index (χ3n) is 2.99. The van der Waals surface area contributed by atoms with E-state index in [1.165, 1.54) is 5.71 Å². The summed E-state index contributed by atoms with van der Waals surface area (Å²) in [4.78, 5) is 6.90. The van der Waals surface area contributed by atoms with Crippen LogP contribution < -0.4 is 0 Å². The molecule has 0 fully saturated rings. The highest BCUT2D eigenvalue weighted by Crippen LogP contribution is 2.32. The lowest BCUT2D eigenvalue weighted by atomic mass is 9.98. The number of rotatable bonds is 0. The summed E-state index contributed by atoms with van der Waals surface area (Å²) < 4.78 is 0. The predicted octanol–water partition coefficient (Wildman–Crippen LogP) is 1.91. The van der Waals surface area contributed by atoms with Crippen molar-refractivity contribution in [1.29, 1.82) is 0 Å². The van der Waals surface area contributed by atoms with Gasteiger partial charge in [-0.05, 0) is 41.7 Å². The Morgan fingerprint density at radius 2 is 1.64 bits per heavy atom. The Morgan fingerprint density at radius 1 is 1.18 bits per heavy atom. The van der Waals surface area contributed by atoms with Crippen LogP contribution in [0.25, 0.3) is 0 Å². The van der Waals surface area contributed by atoms with Crippen molar-refractivity contribution in [2.75, 3.05) is 7.05 Å². The zero-order valence-electron chi connectivity index (χ0n) is 8.39. The first-order valence-electron chi connectivity index (χ1n) is 4.09. The van der Waals surface area contributed by atoms with Crippen molar-refractivity contribution in [2.24, 2.45) is 4.99 Å². The van der Waals surface area contributed by atoms with Gasteiger partial charge in [-0.25, -0.2) is 0 Å². The smallest absolute Gasteiger partial charge is 0.107 e. The van der Waals surface area contributed by atoms with Crippen LogP contribution in [0.3, 0.4) is 0 Å². The Hall–Kier alpha value is -0.370. The molecule has 0 radical (unpaired) electrons. The molecule has 0 unspecified atom stereocenters. The second-order valence-electron chi connectivity index (χ2n) is 4.31. The Kier molecular flexibility index (Phi) is 1.64. The van der Waals surface area contributed by atoms with Gasteiger partial charge in [0.2, 0.25) is 0 Å². The zero-order valence-corrected chi connectivity index (χ0v) is 8.39. The van der Waals surface area contributed by atoms with Gasteiger partial charge < -0.3 is 0 Å². The molecule has 0 aliphatic carbocycles. The molecule has 1 aliphatic heterocycles. The minimum atomic E-state index is -0.0203. The number of nitrogens with zero attached hydrogens (tertiary/aromatic N) is 2. The van der Waals surface area contributed by atoms with Crippen LogP contribution >= 0.6 is 0 Å². The fourth-order valence-electron chi connectivity index (χ4n) is 1.55. The van der Waals surface area contributed by atoms with Crippen LogP contribution in [0.15, 0.2) is 4.99 Å². The summed E-state index contributed by atoms with van der Waals surface area (Å²) in [5.74, 6) is 0. The highest BCUT2D eigenvalue weighted by atomic mass is 15.4. The molecule has 2 nitrogen and oxygen atoms in total. The van der Waals surface area contributed by atoms with Gasteiger partial charge in [0.25, 0.3) is 0 Å². The minimum absolute atomic E-state index is 0.0203. The van der Waals surface area contributed by atoms with Crippen molar-refractivity contribution >= 4 is 5.71 Å². The maximum absolute atomic E-state index is 4.60. The average Bonchev–Trinajstić information content (AvgIpc) is 1.94. The lowest BCUT2D eigenvalue weighted by Gasteiger charge is -2.35. The van der Waals surface area contributed by atoms with E-state index in [1.807, 2.05) is 0 Å². The molecule has 1 aliphatic rings. The molecule has 0 spiro atoms. The van der Waals surface area contributed by atoms with Crippen LogP contribution in [0.4, 0.5) is 0 Å². The van der Waals surface area contributed by atoms with Gasteiger partial charge in [0.1, 0.15) is 5.66 Å². The molecule has 64 valence electrons. The molecule has 1 rings (SSSR count). The van der Waals surface area contributed by atoms with Gasteiger partial charge in [-0.2, -0.15) is 0 Å². The first-order chi connectivity index (χ1) is 4.78. The normalized spacial score (nSPS) is 28.7. The van der Waals surface area contributed by atoms with Crippen molar-refractivity contribution in [3.8, 4) is 0 Å². The van der Waals surface area contributed by atoms with Crippen LogP contribution in [0, 0.1) is 0 Å². The van der Waals surface area contributed by atoms with Crippen molar-refractivity contribution < 1.29 is 0 Å². The topological polar surface area (TPSA) is 15.6 Å². The molecular formula is C9H18N2. The highest BCUT2D eigenvalue weighted by molar-refractivity contribution is 5.92. The lowest BCUT2D eigenvalue weighted by Crippen LogP contribution is -2.48. The molecule has 0 aromatic carbocycles. The van der Waals surface area contributed by atoms with Gasteiger partial charge in [-0.1, -0.05) is 0 Å². The first-order valence-corrected chi connectivity index (χ1v) is 4.09. The SMILES string of the molecule is CC1=NC(C)(C)N(C)C1(C)C. The van der Waals surface area contributed by atoms with Crippen molar-refractivity contribution in [1.82, 2.24) is 4.90 Å². The van der Waals surface area contributed by atoms with Crippen LogP contribution in [0.1, 0.15) is 34.6 Å². The van der Waals surface area contributed by atoms with Gasteiger partial charge in [-0.3, -0.25) is 9.89 Å². The van der Waals surface area contributed by atoms with Crippen LogP contribution in [-0.2, 0) is 0 Å². The lowest BCUT2D eigenvalue weighted by molar-refractivity contribution is 0.120. The molecule has 0 aromatic heterocycles. The molecule has 2 heteroatoms. The summed E-state index contributed by atoms with van der Waals surface area (Å²) >= 11 is 0. The Labute approximate surface area is 69.3 Å². The summed E-state index contributed by atoms with van der Waals surface area (Å²) in [5.41, 5.74) is 1.34. The van der Waals surface area contributed by atoms with E-state index >= 15 is 0 Å². The summed E-state index contributed by atoms with van der Waals surface area (Å²) in [6, 6.07) is 0. The number of hydrogen-bond acceptors (Lipinski definition) is 2. The molecule has 0 saturated heterocycles. The zero-order chi connectivity index (χ0) is 8.86. The second-order valence-corrected chi connectivity index (χ2v) is 4.31. The maximum Gasteiger partial charge on any atom is 0.107 e. The quantitative estimate of drug-likeness (QED) is 0.520. The van der Waals surface area contributed by atoms with E-state index < -0.39 is 0 Å². The predicted molar refractivity (Wildman–Crippen MR) is 49.0 cm³/mol. The second kappa shape index (κ2) is 2.07. The van der Waals surface area contributed by atoms with Crippen LogP contribution in [-0.4, -0.2) is 28.9 Å². The van der Waals surface area contributed by atoms with Gasteiger partial charge in [0, 0.05) is 5.71 Å². The highest BCUT2D eigenvalue weighted by Gasteiger charge is 2.42. The molecule has 0 saturated carbocycles. The van der Waals surface area contributed by atoms with Crippen molar-refractivity contribution in [3.05, 3.63) is 0 Å². The van der Waals surface area contributed by atoms with Crippen LogP contribution in [0.2, 0.25) is 0 Å². The van der Waals surface area contributed by atoms with E-state index in [2.05, 4.69) is 51.6 Å². The average molecular weight is 154 g/mol. The molecule has 0 amide bonds. The standard InChI is InChI=1S/C9H18N2/c1-7-8(2,3)11(6)9(4,5)10-7/h1-6H3. The summed E-state index contributed by atoms with van der Waals surface area (Å²) in [7, 11) is 2.12. The fraction of sp³-hybridized carbons (Fsp3) is 0.889. The van der Waals surface area contributed by atoms with E-state index in [0.717, 1.165) is 0 Å². The molecule has 0 bridgehead atoms. The van der Waals surface area contributed by atoms with Crippen molar-refractivity contribution in [2.45, 2.75) is 45.8 Å². The molecule has 1 heterocycles. The van der Waals surface area contributed by atoms with Crippen LogP contribution in [0.5, 0.6) is 0 Å².